The molecule has 4 fully saturated rings. The fourth-order valence-corrected chi connectivity index (χ4v) is 8.83. The van der Waals surface area contributed by atoms with Crippen LogP contribution in [0.1, 0.15) is 38.8 Å². The highest BCUT2D eigenvalue weighted by Crippen LogP contribution is 2.47. The van der Waals surface area contributed by atoms with Crippen molar-refractivity contribution in [3.05, 3.63) is 34.6 Å². The highest BCUT2D eigenvalue weighted by Gasteiger charge is 2.56. The summed E-state index contributed by atoms with van der Waals surface area (Å²) in [4.78, 5) is 86.8. The van der Waals surface area contributed by atoms with Crippen molar-refractivity contribution in [2.75, 3.05) is 50.8 Å². The molecule has 7 rings (SSSR count). The first-order chi connectivity index (χ1) is 22.6. The van der Waals surface area contributed by atoms with Crippen molar-refractivity contribution in [2.24, 2.45) is 10.6 Å². The van der Waals surface area contributed by atoms with Gasteiger partial charge in [-0.05, 0) is 13.8 Å². The molecule has 1 aromatic rings. The topological polar surface area (TPSA) is 222 Å². The molecule has 7 heterocycles. The number of oxime groups is 1. The molecule has 0 aromatic carbocycles. The number of nitrogens with zero attached hydrogens (tertiary/aromatic N) is 5. The lowest BCUT2D eigenvalue weighted by Crippen LogP contribution is -2.71. The van der Waals surface area contributed by atoms with E-state index in [1.165, 1.54) is 42.0 Å². The van der Waals surface area contributed by atoms with Crippen LogP contribution in [0.2, 0.25) is 0 Å². The summed E-state index contributed by atoms with van der Waals surface area (Å²) in [7, 11) is 0. The Balaban J connectivity index is 1.14. The van der Waals surface area contributed by atoms with Crippen LogP contribution in [0, 0.1) is 5.41 Å². The Labute approximate surface area is 283 Å². The predicted molar refractivity (Wildman–Crippen MR) is 172 cm³/mol. The number of aliphatic carboxylic acids is 2. The number of thiazole rings is 1. The minimum Gasteiger partial charge on any atom is -0.478 e. The number of β-lactam (4-membered cyclic amide) rings is 1. The molecule has 4 saturated heterocycles. The number of nitrogen functional groups attached to an aromatic ring is 1. The van der Waals surface area contributed by atoms with E-state index in [0.29, 0.717) is 24.4 Å². The molecule has 0 spiro atoms. The lowest BCUT2D eigenvalue weighted by molar-refractivity contribution is -0.941. The number of nitrogens with one attached hydrogen (secondary N) is 1. The SMILES string of the molecule is CC(C)(O/N=C(\C(=O)N[C@@H]1C(=O)N2C(C(=O)O)=C(C[N+]34CCC(CN5C=CC(=O)C(=O)C5)(CC3)CC4)CS[C@H]12)c1csc(N)n1)C(=O)O. The molecule has 2 bridgehead atoms. The molecule has 6 aliphatic heterocycles. The fourth-order valence-electron chi connectivity index (χ4n) is 6.95. The van der Waals surface area contributed by atoms with E-state index >= 15 is 0 Å². The van der Waals surface area contributed by atoms with Crippen LogP contribution in [0.4, 0.5) is 5.13 Å². The third kappa shape index (κ3) is 6.19. The van der Waals surface area contributed by atoms with Crippen molar-refractivity contribution in [1.29, 1.82) is 0 Å². The van der Waals surface area contributed by atoms with Crippen molar-refractivity contribution in [1.82, 2.24) is 20.1 Å². The number of carboxylic acids is 2. The lowest BCUT2D eigenvalue weighted by atomic mass is 9.70. The fraction of sp³-hybridized carbons (Fsp3) is 0.533. The molecule has 16 nitrogen and oxygen atoms in total. The molecule has 2 atom stereocenters. The van der Waals surface area contributed by atoms with E-state index in [-0.39, 0.29) is 34.2 Å². The van der Waals surface area contributed by atoms with Gasteiger partial charge < -0.3 is 35.5 Å². The van der Waals surface area contributed by atoms with Gasteiger partial charge in [-0.25, -0.2) is 14.6 Å². The van der Waals surface area contributed by atoms with Gasteiger partial charge in [-0.1, -0.05) is 5.16 Å². The largest absolute Gasteiger partial charge is 0.478 e. The lowest BCUT2D eigenvalue weighted by Gasteiger charge is -2.57. The average molecular weight is 703 g/mol. The number of piperidine rings is 3. The van der Waals surface area contributed by atoms with Gasteiger partial charge in [0.15, 0.2) is 10.8 Å². The molecule has 0 radical (unpaired) electrons. The molecule has 18 heteroatoms. The number of carbonyl (C=O) groups is 6. The number of aromatic nitrogens is 1. The number of hydrogen-bond acceptors (Lipinski definition) is 13. The van der Waals surface area contributed by atoms with Gasteiger partial charge >= 0.3 is 11.9 Å². The molecule has 0 saturated carbocycles. The third-order valence-electron chi connectivity index (χ3n) is 9.87. The van der Waals surface area contributed by atoms with Crippen LogP contribution in [0.5, 0.6) is 0 Å². The number of Topliss-reactive ketones (excluding diaryl/α,β-unsaturated/α-hetero) is 1. The quantitative estimate of drug-likeness (QED) is 0.0786. The number of hydrogen-bond donors (Lipinski definition) is 4. The summed E-state index contributed by atoms with van der Waals surface area (Å²) in [6.07, 6.45) is 5.76. The van der Waals surface area contributed by atoms with E-state index in [9.17, 15) is 39.0 Å². The minimum absolute atomic E-state index is 0.0289. The number of amides is 2. The van der Waals surface area contributed by atoms with Gasteiger partial charge in [0.05, 0.1) is 26.2 Å². The highest BCUT2D eigenvalue weighted by atomic mass is 32.2. The first kappa shape index (κ1) is 33.6. The number of rotatable bonds is 11. The minimum atomic E-state index is -1.77. The predicted octanol–water partition coefficient (Wildman–Crippen LogP) is 0.0160. The first-order valence-corrected chi connectivity index (χ1v) is 17.3. The van der Waals surface area contributed by atoms with Gasteiger partial charge in [-0.2, -0.15) is 0 Å². The summed E-state index contributed by atoms with van der Waals surface area (Å²) in [5.74, 6) is -4.48. The van der Waals surface area contributed by atoms with E-state index in [1.54, 1.807) is 6.20 Å². The maximum atomic E-state index is 13.4. The zero-order valence-corrected chi connectivity index (χ0v) is 28.0. The Morgan fingerprint density at radius 1 is 1.19 bits per heavy atom. The van der Waals surface area contributed by atoms with Crippen LogP contribution in [0.25, 0.3) is 0 Å². The summed E-state index contributed by atoms with van der Waals surface area (Å²) >= 11 is 2.40. The molecule has 6 aliphatic rings. The Hall–Kier alpha value is -4.29. The maximum Gasteiger partial charge on any atom is 0.352 e. The number of quaternary nitrogens is 1. The Kier molecular flexibility index (Phi) is 8.61. The van der Waals surface area contributed by atoms with Crippen molar-refractivity contribution in [3.8, 4) is 0 Å². The van der Waals surface area contributed by atoms with Crippen molar-refractivity contribution in [2.45, 2.75) is 50.1 Å². The van der Waals surface area contributed by atoms with Gasteiger partial charge in [-0.15, -0.1) is 23.1 Å². The second-order valence-electron chi connectivity index (χ2n) is 13.5. The van der Waals surface area contributed by atoms with Crippen LogP contribution in [-0.4, -0.2) is 133 Å². The molecule has 5 N–H and O–H groups in total. The highest BCUT2D eigenvalue weighted by molar-refractivity contribution is 8.00. The van der Waals surface area contributed by atoms with Crippen molar-refractivity contribution in [3.63, 3.8) is 0 Å². The number of allylic oxidation sites excluding steroid dienone is 1. The summed E-state index contributed by atoms with van der Waals surface area (Å²) in [5.41, 5.74) is 4.25. The number of thioether (sulfide) groups is 1. The number of ketones is 2. The van der Waals surface area contributed by atoms with E-state index in [4.69, 9.17) is 10.6 Å². The summed E-state index contributed by atoms with van der Waals surface area (Å²) in [6.45, 7) is 6.31. The smallest absolute Gasteiger partial charge is 0.352 e. The van der Waals surface area contributed by atoms with Crippen LogP contribution >= 0.6 is 23.1 Å². The van der Waals surface area contributed by atoms with Gasteiger partial charge in [-0.3, -0.25) is 24.1 Å². The standard InChI is InChI=1S/C30H35N7O9S2/c1-29(2,27(44)45)46-34-20(17-14-48-28(31)32-17)23(40)33-21-24(41)36-22(26(42)43)16(13-47-25(21)36)12-37-8-4-30(5-9-37,6-10-37)15-35-7-3-18(38)19(39)11-35/h3,7,14,21,25H,4-6,8-13,15H2,1-2H3,(H4-,31,32,33,40,42,43,44,45)/p+1/b34-20-/t21-,25-,30?,37?/m1/s1. The maximum absolute atomic E-state index is 13.4. The number of carboxylic acid groups (broad SMARTS) is 2. The molecular weight excluding hydrogens is 667 g/mol. The zero-order valence-electron chi connectivity index (χ0n) is 26.3. The van der Waals surface area contributed by atoms with Crippen molar-refractivity contribution < 1.29 is 48.3 Å². The number of nitrogens with two attached hydrogens (primary N) is 1. The molecular formula is C30H36N7O9S2+. The zero-order chi connectivity index (χ0) is 34.6. The number of carbonyl (C=O) groups excluding carboxylic acids is 4. The summed E-state index contributed by atoms with van der Waals surface area (Å²) in [5, 5.41) is 26.9. The molecule has 48 heavy (non-hydrogen) atoms. The summed E-state index contributed by atoms with van der Waals surface area (Å²) in [6, 6.07) is -1.06. The van der Waals surface area contributed by atoms with Gasteiger partial charge in [0.25, 0.3) is 11.8 Å². The van der Waals surface area contributed by atoms with Crippen LogP contribution in [-0.2, 0) is 33.6 Å². The van der Waals surface area contributed by atoms with Crippen LogP contribution in [0.3, 0.4) is 0 Å². The normalized spacial score (nSPS) is 28.7. The van der Waals surface area contributed by atoms with E-state index < -0.39 is 52.3 Å². The van der Waals surface area contributed by atoms with E-state index in [2.05, 4.69) is 15.5 Å². The molecule has 2 amide bonds. The van der Waals surface area contributed by atoms with Gasteiger partial charge in [0, 0.05) is 60.2 Å². The molecule has 0 aliphatic carbocycles. The summed E-state index contributed by atoms with van der Waals surface area (Å²) < 4.78 is 0.720. The van der Waals surface area contributed by atoms with Crippen molar-refractivity contribution >= 4 is 69.3 Å². The number of anilines is 1. The van der Waals surface area contributed by atoms with Gasteiger partial charge in [0.1, 0.15) is 29.4 Å². The molecule has 1 aromatic heterocycles. The Bertz CT molecular complexity index is 1680. The third-order valence-corrected chi connectivity index (χ3v) is 11.9. The monoisotopic (exact) mass is 702 g/mol. The van der Waals surface area contributed by atoms with E-state index in [0.717, 1.165) is 54.7 Å². The Morgan fingerprint density at radius 2 is 1.88 bits per heavy atom. The molecule has 0 unspecified atom stereocenters. The first-order valence-electron chi connectivity index (χ1n) is 15.4. The van der Waals surface area contributed by atoms with Crippen LogP contribution in [0.15, 0.2) is 34.1 Å². The van der Waals surface area contributed by atoms with E-state index in [1.807, 2.05) is 4.90 Å². The second kappa shape index (κ2) is 12.3. The molecule has 256 valence electrons. The van der Waals surface area contributed by atoms with Gasteiger partial charge in [0.2, 0.25) is 17.2 Å². The second-order valence-corrected chi connectivity index (χ2v) is 15.5. The average Bonchev–Trinajstić information content (AvgIpc) is 3.47. The Morgan fingerprint density at radius 3 is 2.46 bits per heavy atom. The van der Waals surface area contributed by atoms with Crippen LogP contribution < -0.4 is 11.1 Å². The number of fused-ring (bicyclic) bond motifs is 4.